The fraction of sp³-hybridized carbons (Fsp3) is 0.318. The highest BCUT2D eigenvalue weighted by atomic mass is 16.5. The molecule has 0 spiro atoms. The Morgan fingerprint density at radius 1 is 1.00 bits per heavy atom. The van der Waals surface area contributed by atoms with Crippen molar-refractivity contribution in [3.63, 3.8) is 0 Å². The van der Waals surface area contributed by atoms with E-state index in [2.05, 4.69) is 4.98 Å². The van der Waals surface area contributed by atoms with Crippen LogP contribution in [0.5, 0.6) is 5.75 Å². The third-order valence-electron chi connectivity index (χ3n) is 5.04. The normalized spacial score (nSPS) is 14.3. The molecule has 0 N–H and O–H groups in total. The van der Waals surface area contributed by atoms with Crippen LogP contribution in [0.3, 0.4) is 0 Å². The van der Waals surface area contributed by atoms with E-state index in [1.165, 1.54) is 0 Å². The number of rotatable bonds is 4. The fourth-order valence-electron chi connectivity index (χ4n) is 3.39. The minimum atomic E-state index is -0.0721. The van der Waals surface area contributed by atoms with E-state index in [1.807, 2.05) is 31.2 Å². The highest BCUT2D eigenvalue weighted by molar-refractivity contribution is 5.97. The van der Waals surface area contributed by atoms with E-state index < -0.39 is 0 Å². The van der Waals surface area contributed by atoms with Crippen molar-refractivity contribution in [2.45, 2.75) is 13.8 Å². The van der Waals surface area contributed by atoms with Gasteiger partial charge in [0.2, 0.25) is 0 Å². The minimum absolute atomic E-state index is 0.000809. The molecule has 3 aromatic rings. The number of carbonyl (C=O) groups is 2. The first-order chi connectivity index (χ1) is 14.0. The van der Waals surface area contributed by atoms with Gasteiger partial charge in [0, 0.05) is 38.7 Å². The Bertz CT molecular complexity index is 1030. The van der Waals surface area contributed by atoms with Crippen LogP contribution in [0.1, 0.15) is 21.8 Å². The molecule has 0 radical (unpaired) electrons. The highest BCUT2D eigenvalue weighted by Gasteiger charge is 2.25. The lowest BCUT2D eigenvalue weighted by Gasteiger charge is -2.34. The number of nitrogens with zero attached hydrogens (tertiary/aromatic N) is 3. The Hall–Kier alpha value is -3.35. The number of aromatic nitrogens is 1. The second-order valence-corrected chi connectivity index (χ2v) is 7.19. The number of oxazole rings is 1. The number of ether oxygens (including phenoxy) is 1. The fourth-order valence-corrected chi connectivity index (χ4v) is 3.39. The zero-order valence-corrected chi connectivity index (χ0v) is 16.6. The van der Waals surface area contributed by atoms with Gasteiger partial charge < -0.3 is 19.0 Å². The number of amides is 2. The Morgan fingerprint density at radius 2 is 1.69 bits per heavy atom. The summed E-state index contributed by atoms with van der Waals surface area (Å²) in [6, 6.07) is 12.9. The first kappa shape index (κ1) is 19.0. The molecule has 1 aliphatic rings. The van der Waals surface area contributed by atoms with Crippen molar-refractivity contribution in [3.05, 3.63) is 59.5 Å². The number of fused-ring (bicyclic) bond motifs is 1. The van der Waals surface area contributed by atoms with E-state index in [0.717, 1.165) is 5.56 Å². The standard InChI is InChI=1S/C22H23N3O4/c1-15-3-6-18(7-4-15)28-14-21(26)24-9-11-25(12-10-24)22(27)17-5-8-20-19(13-17)23-16(2)29-20/h3-8,13H,9-12,14H2,1-2H3. The van der Waals surface area contributed by atoms with Gasteiger partial charge in [0.25, 0.3) is 11.8 Å². The molecule has 1 aromatic heterocycles. The van der Waals surface area contributed by atoms with Gasteiger partial charge in [0.15, 0.2) is 18.1 Å². The van der Waals surface area contributed by atoms with E-state index in [9.17, 15) is 9.59 Å². The first-order valence-electron chi connectivity index (χ1n) is 9.63. The van der Waals surface area contributed by atoms with Gasteiger partial charge in [-0.05, 0) is 37.3 Å². The molecule has 0 aliphatic carbocycles. The maximum Gasteiger partial charge on any atom is 0.260 e. The number of aryl methyl sites for hydroxylation is 2. The van der Waals surface area contributed by atoms with Crippen LogP contribution in [0.4, 0.5) is 0 Å². The summed E-state index contributed by atoms with van der Waals surface area (Å²) in [5.74, 6) is 1.12. The van der Waals surface area contributed by atoms with E-state index in [-0.39, 0.29) is 18.4 Å². The van der Waals surface area contributed by atoms with E-state index >= 15 is 0 Å². The topological polar surface area (TPSA) is 75.9 Å². The van der Waals surface area contributed by atoms with Crippen molar-refractivity contribution in [1.29, 1.82) is 0 Å². The summed E-state index contributed by atoms with van der Waals surface area (Å²) in [6.45, 7) is 5.75. The minimum Gasteiger partial charge on any atom is -0.484 e. The van der Waals surface area contributed by atoms with Gasteiger partial charge in [0.1, 0.15) is 11.3 Å². The molecule has 7 heteroatoms. The third-order valence-corrected chi connectivity index (χ3v) is 5.04. The molecular weight excluding hydrogens is 370 g/mol. The predicted octanol–water partition coefficient (Wildman–Crippen LogP) is 2.81. The van der Waals surface area contributed by atoms with Gasteiger partial charge in [-0.15, -0.1) is 0 Å². The first-order valence-corrected chi connectivity index (χ1v) is 9.63. The van der Waals surface area contributed by atoms with Crippen LogP contribution in [0.15, 0.2) is 46.9 Å². The predicted molar refractivity (Wildman–Crippen MR) is 108 cm³/mol. The Kier molecular flexibility index (Phi) is 5.20. The summed E-state index contributed by atoms with van der Waals surface area (Å²) >= 11 is 0. The quantitative estimate of drug-likeness (QED) is 0.681. The molecular formula is C22H23N3O4. The molecule has 0 bridgehead atoms. The van der Waals surface area contributed by atoms with Crippen molar-refractivity contribution in [3.8, 4) is 5.75 Å². The molecule has 1 fully saturated rings. The van der Waals surface area contributed by atoms with Crippen LogP contribution in [0.25, 0.3) is 11.1 Å². The largest absolute Gasteiger partial charge is 0.484 e. The maximum atomic E-state index is 12.8. The Labute approximate surface area is 168 Å². The number of hydrogen-bond acceptors (Lipinski definition) is 5. The average molecular weight is 393 g/mol. The average Bonchev–Trinajstić information content (AvgIpc) is 3.12. The molecule has 2 heterocycles. The molecule has 0 atom stereocenters. The Balaban J connectivity index is 1.31. The SMILES string of the molecule is Cc1ccc(OCC(=O)N2CCN(C(=O)c3ccc4oc(C)nc4c3)CC2)cc1. The van der Waals surface area contributed by atoms with E-state index in [4.69, 9.17) is 9.15 Å². The van der Waals surface area contributed by atoms with Crippen molar-refractivity contribution in [2.75, 3.05) is 32.8 Å². The third kappa shape index (κ3) is 4.23. The second-order valence-electron chi connectivity index (χ2n) is 7.19. The molecule has 150 valence electrons. The van der Waals surface area contributed by atoms with Crippen LogP contribution in [0, 0.1) is 13.8 Å². The van der Waals surface area contributed by atoms with Crippen LogP contribution < -0.4 is 4.74 Å². The summed E-state index contributed by atoms with van der Waals surface area (Å²) in [5, 5.41) is 0. The van der Waals surface area contributed by atoms with Gasteiger partial charge in [-0.2, -0.15) is 0 Å². The van der Waals surface area contributed by atoms with Crippen LogP contribution in [-0.2, 0) is 4.79 Å². The number of benzene rings is 2. The van der Waals surface area contributed by atoms with E-state index in [0.29, 0.717) is 54.5 Å². The second kappa shape index (κ2) is 7.95. The molecule has 1 saturated heterocycles. The van der Waals surface area contributed by atoms with Gasteiger partial charge >= 0.3 is 0 Å². The zero-order chi connectivity index (χ0) is 20.4. The van der Waals surface area contributed by atoms with Gasteiger partial charge in [-0.25, -0.2) is 4.98 Å². The van der Waals surface area contributed by atoms with Crippen LogP contribution in [-0.4, -0.2) is 59.4 Å². The smallest absolute Gasteiger partial charge is 0.260 e. The molecule has 4 rings (SSSR count). The van der Waals surface area contributed by atoms with Crippen LogP contribution >= 0.6 is 0 Å². The molecule has 0 unspecified atom stereocenters. The molecule has 29 heavy (non-hydrogen) atoms. The Morgan fingerprint density at radius 3 is 2.41 bits per heavy atom. The lowest BCUT2D eigenvalue weighted by atomic mass is 10.1. The number of piperazine rings is 1. The summed E-state index contributed by atoms with van der Waals surface area (Å²) in [7, 11) is 0. The van der Waals surface area contributed by atoms with Crippen molar-refractivity contribution in [1.82, 2.24) is 14.8 Å². The molecule has 7 nitrogen and oxygen atoms in total. The number of hydrogen-bond donors (Lipinski definition) is 0. The van der Waals surface area contributed by atoms with E-state index in [1.54, 1.807) is 34.9 Å². The summed E-state index contributed by atoms with van der Waals surface area (Å²) < 4.78 is 11.0. The lowest BCUT2D eigenvalue weighted by molar-refractivity contribution is -0.134. The van der Waals surface area contributed by atoms with Gasteiger partial charge in [0.05, 0.1) is 0 Å². The zero-order valence-electron chi connectivity index (χ0n) is 16.6. The van der Waals surface area contributed by atoms with Gasteiger partial charge in [-0.3, -0.25) is 9.59 Å². The van der Waals surface area contributed by atoms with Crippen molar-refractivity contribution >= 4 is 22.9 Å². The summed E-state index contributed by atoms with van der Waals surface area (Å²) in [6.07, 6.45) is 0. The molecule has 2 amide bonds. The maximum absolute atomic E-state index is 12.8. The lowest BCUT2D eigenvalue weighted by Crippen LogP contribution is -2.51. The van der Waals surface area contributed by atoms with Crippen molar-refractivity contribution < 1.29 is 18.7 Å². The molecule has 2 aromatic carbocycles. The summed E-state index contributed by atoms with van der Waals surface area (Å²) in [5.41, 5.74) is 3.06. The van der Waals surface area contributed by atoms with Gasteiger partial charge in [-0.1, -0.05) is 17.7 Å². The molecule has 0 saturated carbocycles. The molecule has 1 aliphatic heterocycles. The highest BCUT2D eigenvalue weighted by Crippen LogP contribution is 2.19. The number of carbonyl (C=O) groups excluding carboxylic acids is 2. The summed E-state index contributed by atoms with van der Waals surface area (Å²) in [4.78, 5) is 33.0. The van der Waals surface area contributed by atoms with Crippen molar-refractivity contribution in [2.24, 2.45) is 0 Å². The van der Waals surface area contributed by atoms with Crippen LogP contribution in [0.2, 0.25) is 0 Å². The monoisotopic (exact) mass is 393 g/mol.